The second-order valence-corrected chi connectivity index (χ2v) is 7.72. The summed E-state index contributed by atoms with van der Waals surface area (Å²) < 4.78 is 5.23. The van der Waals surface area contributed by atoms with E-state index in [1.165, 1.54) is 0 Å². The van der Waals surface area contributed by atoms with E-state index >= 15 is 0 Å². The monoisotopic (exact) mass is 409 g/mol. The molecule has 2 aromatic heterocycles. The Morgan fingerprint density at radius 1 is 1.23 bits per heavy atom. The minimum Gasteiger partial charge on any atom is -0.497 e. The number of carbonyl (C=O) groups is 1. The molecule has 0 radical (unpaired) electrons. The van der Waals surface area contributed by atoms with Crippen LogP contribution in [0.15, 0.2) is 42.6 Å². The van der Waals surface area contributed by atoms with Crippen LogP contribution >= 0.6 is 0 Å². The van der Waals surface area contributed by atoms with E-state index in [-0.39, 0.29) is 24.2 Å². The highest BCUT2D eigenvalue weighted by atomic mass is 16.5. The average Bonchev–Trinajstić information content (AvgIpc) is 3.20. The van der Waals surface area contributed by atoms with Gasteiger partial charge in [0.15, 0.2) is 5.65 Å². The number of amides is 2. The number of hydrogen-bond acceptors (Lipinski definition) is 5. The van der Waals surface area contributed by atoms with Crippen LogP contribution in [0.1, 0.15) is 43.1 Å². The molecule has 1 saturated carbocycles. The zero-order valence-corrected chi connectivity index (χ0v) is 17.0. The molecule has 4 rings (SSSR count). The van der Waals surface area contributed by atoms with Crippen LogP contribution in [0.25, 0.3) is 11.2 Å². The fraction of sp³-hybridized carbons (Fsp3) is 0.409. The number of ether oxygens (including phenoxy) is 1. The zero-order chi connectivity index (χ0) is 20.9. The Labute approximate surface area is 175 Å². The van der Waals surface area contributed by atoms with E-state index in [0.717, 1.165) is 42.5 Å². The van der Waals surface area contributed by atoms with Gasteiger partial charge in [0, 0.05) is 12.2 Å². The fourth-order valence-corrected chi connectivity index (χ4v) is 3.85. The SMILES string of the molecule is COc1ccc(CC(NC(=O)N[C@H]2CC[C@H](O)CC2)c2nc3cccnc3[nH]2)cc1. The third-order valence-electron chi connectivity index (χ3n) is 5.54. The number of fused-ring (bicyclic) bond motifs is 1. The summed E-state index contributed by atoms with van der Waals surface area (Å²) in [5, 5.41) is 15.8. The van der Waals surface area contributed by atoms with Gasteiger partial charge in [-0.2, -0.15) is 0 Å². The number of aromatic nitrogens is 3. The lowest BCUT2D eigenvalue weighted by Gasteiger charge is -2.27. The maximum absolute atomic E-state index is 12.7. The highest BCUT2D eigenvalue weighted by molar-refractivity contribution is 5.75. The Balaban J connectivity index is 1.50. The molecule has 30 heavy (non-hydrogen) atoms. The lowest BCUT2D eigenvalue weighted by atomic mass is 9.93. The molecule has 8 heteroatoms. The van der Waals surface area contributed by atoms with E-state index in [0.29, 0.717) is 17.9 Å². The van der Waals surface area contributed by atoms with Gasteiger partial charge in [-0.1, -0.05) is 12.1 Å². The van der Waals surface area contributed by atoms with Gasteiger partial charge in [-0.15, -0.1) is 0 Å². The number of pyridine rings is 1. The number of aliphatic hydroxyl groups is 1. The second-order valence-electron chi connectivity index (χ2n) is 7.72. The largest absolute Gasteiger partial charge is 0.497 e. The molecule has 2 amide bonds. The number of carbonyl (C=O) groups excluding carboxylic acids is 1. The van der Waals surface area contributed by atoms with E-state index in [1.54, 1.807) is 13.3 Å². The molecule has 1 unspecified atom stereocenters. The summed E-state index contributed by atoms with van der Waals surface area (Å²) >= 11 is 0. The summed E-state index contributed by atoms with van der Waals surface area (Å²) in [4.78, 5) is 24.9. The highest BCUT2D eigenvalue weighted by Crippen LogP contribution is 2.22. The van der Waals surface area contributed by atoms with Crippen molar-refractivity contribution in [3.05, 3.63) is 54.0 Å². The summed E-state index contributed by atoms with van der Waals surface area (Å²) in [7, 11) is 1.63. The molecular weight excluding hydrogens is 382 g/mol. The summed E-state index contributed by atoms with van der Waals surface area (Å²) in [5.41, 5.74) is 2.50. The number of aromatic amines is 1. The van der Waals surface area contributed by atoms with Crippen molar-refractivity contribution in [3.63, 3.8) is 0 Å². The minimum absolute atomic E-state index is 0.0763. The van der Waals surface area contributed by atoms with Crippen molar-refractivity contribution in [3.8, 4) is 5.75 Å². The van der Waals surface area contributed by atoms with E-state index in [4.69, 9.17) is 4.74 Å². The van der Waals surface area contributed by atoms with Crippen LogP contribution < -0.4 is 15.4 Å². The van der Waals surface area contributed by atoms with Gasteiger partial charge >= 0.3 is 6.03 Å². The molecule has 1 aliphatic rings. The maximum Gasteiger partial charge on any atom is 0.315 e. The lowest BCUT2D eigenvalue weighted by Crippen LogP contribution is -2.45. The molecule has 1 aliphatic carbocycles. The number of rotatable bonds is 6. The molecule has 0 aliphatic heterocycles. The van der Waals surface area contributed by atoms with Crippen molar-refractivity contribution in [2.45, 2.75) is 50.3 Å². The predicted molar refractivity (Wildman–Crippen MR) is 113 cm³/mol. The first kappa shape index (κ1) is 20.2. The number of aliphatic hydroxyl groups excluding tert-OH is 1. The van der Waals surface area contributed by atoms with Gasteiger partial charge in [0.05, 0.1) is 19.3 Å². The topological polar surface area (TPSA) is 112 Å². The second kappa shape index (κ2) is 9.13. The number of nitrogens with one attached hydrogen (secondary N) is 3. The van der Waals surface area contributed by atoms with Crippen LogP contribution in [0.4, 0.5) is 4.79 Å². The summed E-state index contributed by atoms with van der Waals surface area (Å²) in [6.45, 7) is 0. The first-order valence-electron chi connectivity index (χ1n) is 10.3. The van der Waals surface area contributed by atoms with Crippen LogP contribution in [-0.4, -0.2) is 45.3 Å². The Hall–Kier alpha value is -3.13. The van der Waals surface area contributed by atoms with Gasteiger partial charge in [-0.25, -0.2) is 14.8 Å². The van der Waals surface area contributed by atoms with Gasteiger partial charge in [-0.3, -0.25) is 0 Å². The summed E-state index contributed by atoms with van der Waals surface area (Å²) in [6, 6.07) is 11.0. The van der Waals surface area contributed by atoms with Gasteiger partial charge < -0.3 is 25.5 Å². The van der Waals surface area contributed by atoms with E-state index in [1.807, 2.05) is 36.4 Å². The number of methoxy groups -OCH3 is 1. The fourth-order valence-electron chi connectivity index (χ4n) is 3.85. The van der Waals surface area contributed by atoms with Crippen molar-refractivity contribution in [2.75, 3.05) is 7.11 Å². The quantitative estimate of drug-likeness (QED) is 0.500. The smallest absolute Gasteiger partial charge is 0.315 e. The van der Waals surface area contributed by atoms with Crippen LogP contribution in [0.5, 0.6) is 5.75 Å². The molecule has 158 valence electrons. The Morgan fingerprint density at radius 2 is 2.00 bits per heavy atom. The number of urea groups is 1. The third-order valence-corrected chi connectivity index (χ3v) is 5.54. The first-order chi connectivity index (χ1) is 14.6. The van der Waals surface area contributed by atoms with E-state index < -0.39 is 0 Å². The highest BCUT2D eigenvalue weighted by Gasteiger charge is 2.24. The average molecular weight is 409 g/mol. The molecule has 3 aromatic rings. The van der Waals surface area contributed by atoms with Crippen LogP contribution in [0.3, 0.4) is 0 Å². The molecule has 1 aromatic carbocycles. The van der Waals surface area contributed by atoms with Crippen LogP contribution in [0.2, 0.25) is 0 Å². The van der Waals surface area contributed by atoms with Crippen molar-refractivity contribution >= 4 is 17.2 Å². The zero-order valence-electron chi connectivity index (χ0n) is 17.0. The van der Waals surface area contributed by atoms with Gasteiger partial charge in [-0.05, 0) is 61.9 Å². The van der Waals surface area contributed by atoms with Crippen LogP contribution in [-0.2, 0) is 6.42 Å². The van der Waals surface area contributed by atoms with Crippen molar-refractivity contribution in [1.29, 1.82) is 0 Å². The molecular formula is C22H27N5O3. The summed E-state index contributed by atoms with van der Waals surface area (Å²) in [5.74, 6) is 1.45. The van der Waals surface area contributed by atoms with Crippen molar-refractivity contribution < 1.29 is 14.6 Å². The minimum atomic E-state index is -0.346. The van der Waals surface area contributed by atoms with Gasteiger partial charge in [0.1, 0.15) is 17.1 Å². The molecule has 8 nitrogen and oxygen atoms in total. The molecule has 1 atom stereocenters. The number of H-pyrrole nitrogens is 1. The first-order valence-corrected chi connectivity index (χ1v) is 10.3. The number of nitrogens with zero attached hydrogens (tertiary/aromatic N) is 2. The number of hydrogen-bond donors (Lipinski definition) is 4. The van der Waals surface area contributed by atoms with Crippen molar-refractivity contribution in [2.24, 2.45) is 0 Å². The normalized spacial score (nSPS) is 19.9. The molecule has 2 heterocycles. The van der Waals surface area contributed by atoms with Crippen molar-refractivity contribution in [1.82, 2.24) is 25.6 Å². The van der Waals surface area contributed by atoms with E-state index in [2.05, 4.69) is 25.6 Å². The van der Waals surface area contributed by atoms with Gasteiger partial charge in [0.2, 0.25) is 0 Å². The molecule has 0 saturated heterocycles. The molecule has 0 spiro atoms. The predicted octanol–water partition coefficient (Wildman–Crippen LogP) is 2.85. The standard InChI is InChI=1S/C22H27N5O3/c1-30-17-10-4-14(5-11-17)13-19(21-25-18-3-2-12-23-20(18)27-21)26-22(29)24-15-6-8-16(28)9-7-15/h2-5,10-12,15-16,19,28H,6-9,13H2,1H3,(H,23,25,27)(H2,24,26,29)/t15-,16-,19?. The Kier molecular flexibility index (Phi) is 6.13. The Morgan fingerprint density at radius 3 is 2.70 bits per heavy atom. The molecule has 0 bridgehead atoms. The summed E-state index contributed by atoms with van der Waals surface area (Å²) in [6.07, 6.45) is 5.03. The number of imidazole rings is 1. The lowest BCUT2D eigenvalue weighted by molar-refractivity contribution is 0.117. The molecule has 4 N–H and O–H groups in total. The maximum atomic E-state index is 12.7. The Bertz CT molecular complexity index is 947. The van der Waals surface area contributed by atoms with Gasteiger partial charge in [0.25, 0.3) is 0 Å². The van der Waals surface area contributed by atoms with E-state index in [9.17, 15) is 9.90 Å². The van der Waals surface area contributed by atoms with Crippen LogP contribution in [0, 0.1) is 0 Å². The molecule has 1 fully saturated rings. The third kappa shape index (κ3) is 4.88. The number of benzene rings is 1.